The summed E-state index contributed by atoms with van der Waals surface area (Å²) in [6.07, 6.45) is 2.73. The highest BCUT2D eigenvalue weighted by molar-refractivity contribution is 5.84. The number of anilines is 2. The maximum atomic E-state index is 12.2. The second-order valence-electron chi connectivity index (χ2n) is 9.32. The van der Waals surface area contributed by atoms with Crippen LogP contribution in [-0.2, 0) is 4.74 Å². The molecule has 2 aromatic carbocycles. The minimum atomic E-state index is -0.422. The van der Waals surface area contributed by atoms with E-state index in [2.05, 4.69) is 43.1 Å². The van der Waals surface area contributed by atoms with Gasteiger partial charge in [-0.2, -0.15) is 5.26 Å². The van der Waals surface area contributed by atoms with Crippen molar-refractivity contribution in [3.63, 3.8) is 0 Å². The second-order valence-corrected chi connectivity index (χ2v) is 9.32. The molecule has 4 rings (SSSR count). The predicted octanol–water partition coefficient (Wildman–Crippen LogP) is 6.40. The van der Waals surface area contributed by atoms with Gasteiger partial charge < -0.3 is 14.4 Å². The molecule has 2 aliphatic rings. The largest absolute Gasteiger partial charge is 0.494 e. The standard InChI is InChI=1S/C27H33N3O3/c1-5-14-32-22-12-13-23-24(16-28)26(30(17(2)3)25(23)15-22)20-8-10-21(11-9-20)29-27(31)33-18(4)19-6-7-19/h8-13,15,17-19,24,26H,5-7,14H2,1-4H3,(H,29,31). The van der Waals surface area contributed by atoms with E-state index in [1.807, 2.05) is 43.3 Å². The molecule has 0 spiro atoms. The molecule has 1 fully saturated rings. The Morgan fingerprint density at radius 1 is 1.18 bits per heavy atom. The third-order valence-corrected chi connectivity index (χ3v) is 6.48. The van der Waals surface area contributed by atoms with Gasteiger partial charge in [-0.3, -0.25) is 5.32 Å². The Balaban J connectivity index is 1.54. The van der Waals surface area contributed by atoms with Crippen LogP contribution >= 0.6 is 0 Å². The van der Waals surface area contributed by atoms with Crippen LogP contribution in [0.15, 0.2) is 42.5 Å². The molecule has 1 aliphatic carbocycles. The summed E-state index contributed by atoms with van der Waals surface area (Å²) in [7, 11) is 0. The molecule has 1 saturated carbocycles. The average Bonchev–Trinajstić information content (AvgIpc) is 3.59. The van der Waals surface area contributed by atoms with Crippen molar-refractivity contribution in [2.24, 2.45) is 5.92 Å². The number of carbonyl (C=O) groups excluding carboxylic acids is 1. The highest BCUT2D eigenvalue weighted by Crippen LogP contribution is 2.50. The fraction of sp³-hybridized carbons (Fsp3) is 0.481. The molecule has 6 heteroatoms. The summed E-state index contributed by atoms with van der Waals surface area (Å²) in [6, 6.07) is 16.4. The molecule has 0 aromatic heterocycles. The summed E-state index contributed by atoms with van der Waals surface area (Å²) in [5.74, 6) is 1.04. The molecule has 33 heavy (non-hydrogen) atoms. The van der Waals surface area contributed by atoms with Crippen molar-refractivity contribution in [3.05, 3.63) is 53.6 Å². The van der Waals surface area contributed by atoms with E-state index >= 15 is 0 Å². The molecular formula is C27H33N3O3. The molecule has 0 radical (unpaired) electrons. The van der Waals surface area contributed by atoms with Gasteiger partial charge in [0.2, 0.25) is 0 Å². The van der Waals surface area contributed by atoms with Crippen LogP contribution in [-0.4, -0.2) is 24.8 Å². The first-order chi connectivity index (χ1) is 15.9. The van der Waals surface area contributed by atoms with E-state index in [9.17, 15) is 10.1 Å². The van der Waals surface area contributed by atoms with E-state index in [4.69, 9.17) is 9.47 Å². The quantitative estimate of drug-likeness (QED) is 0.507. The Hall–Kier alpha value is -3.20. The van der Waals surface area contributed by atoms with E-state index in [-0.39, 0.29) is 24.1 Å². The van der Waals surface area contributed by atoms with Gasteiger partial charge in [-0.25, -0.2) is 4.79 Å². The van der Waals surface area contributed by atoms with Gasteiger partial charge in [0.1, 0.15) is 11.9 Å². The monoisotopic (exact) mass is 447 g/mol. The molecule has 1 N–H and O–H groups in total. The fourth-order valence-electron chi connectivity index (χ4n) is 4.63. The number of rotatable bonds is 8. The summed E-state index contributed by atoms with van der Waals surface area (Å²) in [6.45, 7) is 8.98. The first-order valence-electron chi connectivity index (χ1n) is 11.9. The number of nitrogens with zero attached hydrogens (tertiary/aromatic N) is 2. The summed E-state index contributed by atoms with van der Waals surface area (Å²) in [5, 5.41) is 12.9. The Morgan fingerprint density at radius 2 is 1.91 bits per heavy atom. The zero-order chi connectivity index (χ0) is 23.5. The Labute approximate surface area is 196 Å². The number of ether oxygens (including phenoxy) is 2. The van der Waals surface area contributed by atoms with Crippen LogP contribution in [0.1, 0.15) is 70.0 Å². The van der Waals surface area contributed by atoms with Gasteiger partial charge in [-0.05, 0) is 75.3 Å². The third kappa shape index (κ3) is 4.93. The van der Waals surface area contributed by atoms with Crippen LogP contribution in [0.3, 0.4) is 0 Å². The zero-order valence-electron chi connectivity index (χ0n) is 19.9. The summed E-state index contributed by atoms with van der Waals surface area (Å²) >= 11 is 0. The molecule has 174 valence electrons. The van der Waals surface area contributed by atoms with Gasteiger partial charge in [0, 0.05) is 23.5 Å². The average molecular weight is 448 g/mol. The summed E-state index contributed by atoms with van der Waals surface area (Å²) < 4.78 is 11.3. The lowest BCUT2D eigenvalue weighted by atomic mass is 9.91. The van der Waals surface area contributed by atoms with Crippen molar-refractivity contribution in [2.45, 2.75) is 71.1 Å². The van der Waals surface area contributed by atoms with Gasteiger partial charge in [0.05, 0.1) is 24.6 Å². The van der Waals surface area contributed by atoms with Gasteiger partial charge in [0.25, 0.3) is 0 Å². The number of hydrogen-bond acceptors (Lipinski definition) is 5. The van der Waals surface area contributed by atoms with Crippen molar-refractivity contribution >= 4 is 17.5 Å². The van der Waals surface area contributed by atoms with E-state index in [0.717, 1.165) is 41.8 Å². The molecule has 1 amide bonds. The first-order valence-corrected chi connectivity index (χ1v) is 11.9. The molecule has 1 heterocycles. The first kappa shape index (κ1) is 23.0. The SMILES string of the molecule is CCCOc1ccc2c(c1)N(C(C)C)C(c1ccc(NC(=O)OC(C)C3CC3)cc1)C2C#N. The zero-order valence-corrected chi connectivity index (χ0v) is 19.9. The summed E-state index contributed by atoms with van der Waals surface area (Å²) in [5.41, 5.74) is 3.80. The lowest BCUT2D eigenvalue weighted by Crippen LogP contribution is -2.33. The number of benzene rings is 2. The lowest BCUT2D eigenvalue weighted by Gasteiger charge is -2.33. The van der Waals surface area contributed by atoms with Gasteiger partial charge in [-0.1, -0.05) is 25.1 Å². The van der Waals surface area contributed by atoms with Crippen molar-refractivity contribution in [1.29, 1.82) is 5.26 Å². The molecule has 0 saturated heterocycles. The van der Waals surface area contributed by atoms with Gasteiger partial charge >= 0.3 is 6.09 Å². The smallest absolute Gasteiger partial charge is 0.411 e. The molecule has 1 aliphatic heterocycles. The lowest BCUT2D eigenvalue weighted by molar-refractivity contribution is 0.108. The molecule has 0 bridgehead atoms. The van der Waals surface area contributed by atoms with Crippen LogP contribution in [0.2, 0.25) is 0 Å². The fourth-order valence-corrected chi connectivity index (χ4v) is 4.63. The summed E-state index contributed by atoms with van der Waals surface area (Å²) in [4.78, 5) is 14.5. The number of fused-ring (bicyclic) bond motifs is 1. The topological polar surface area (TPSA) is 74.6 Å². The van der Waals surface area contributed by atoms with E-state index < -0.39 is 6.09 Å². The van der Waals surface area contributed by atoms with Gasteiger partial charge in [0.15, 0.2) is 0 Å². The van der Waals surface area contributed by atoms with Crippen molar-refractivity contribution in [1.82, 2.24) is 0 Å². The minimum absolute atomic E-state index is 0.0524. The Kier molecular flexibility index (Phi) is 6.78. The number of amides is 1. The van der Waals surface area contributed by atoms with Crippen molar-refractivity contribution < 1.29 is 14.3 Å². The predicted molar refractivity (Wildman–Crippen MR) is 130 cm³/mol. The molecule has 3 unspecified atom stereocenters. The van der Waals surface area contributed by atoms with E-state index in [1.165, 1.54) is 0 Å². The van der Waals surface area contributed by atoms with Crippen LogP contribution in [0, 0.1) is 17.2 Å². The van der Waals surface area contributed by atoms with Crippen LogP contribution in [0.4, 0.5) is 16.2 Å². The maximum absolute atomic E-state index is 12.2. The number of hydrogen-bond donors (Lipinski definition) is 1. The van der Waals surface area contributed by atoms with Crippen molar-refractivity contribution in [3.8, 4) is 11.8 Å². The van der Waals surface area contributed by atoms with Crippen LogP contribution in [0.25, 0.3) is 0 Å². The van der Waals surface area contributed by atoms with Gasteiger partial charge in [-0.15, -0.1) is 0 Å². The highest BCUT2D eigenvalue weighted by atomic mass is 16.6. The molecule has 2 aromatic rings. The minimum Gasteiger partial charge on any atom is -0.494 e. The molecule has 3 atom stereocenters. The molecular weight excluding hydrogens is 414 g/mol. The van der Waals surface area contributed by atoms with E-state index in [1.54, 1.807) is 0 Å². The number of nitrogens with one attached hydrogen (secondary N) is 1. The van der Waals surface area contributed by atoms with Crippen LogP contribution in [0.5, 0.6) is 5.75 Å². The van der Waals surface area contributed by atoms with E-state index in [0.29, 0.717) is 18.2 Å². The second kappa shape index (κ2) is 9.74. The molecule has 6 nitrogen and oxygen atoms in total. The maximum Gasteiger partial charge on any atom is 0.411 e. The number of nitriles is 1. The van der Waals surface area contributed by atoms with Crippen molar-refractivity contribution in [2.75, 3.05) is 16.8 Å². The highest BCUT2D eigenvalue weighted by Gasteiger charge is 2.41. The van der Waals surface area contributed by atoms with Crippen LogP contribution < -0.4 is 15.0 Å². The Morgan fingerprint density at radius 3 is 2.52 bits per heavy atom. The normalized spacial score (nSPS) is 20.2. The number of carbonyl (C=O) groups is 1. The Bertz CT molecular complexity index is 1020. The third-order valence-electron chi connectivity index (χ3n) is 6.48.